The van der Waals surface area contributed by atoms with E-state index in [1.54, 1.807) is 14.0 Å². The largest absolute Gasteiger partial charge is 0.493 e. The second-order valence-electron chi connectivity index (χ2n) is 10.8. The van der Waals surface area contributed by atoms with E-state index in [1.807, 2.05) is 49.1 Å². The van der Waals surface area contributed by atoms with Gasteiger partial charge in [0.2, 0.25) is 11.8 Å². The molecule has 1 saturated carbocycles. The lowest BCUT2D eigenvalue weighted by molar-refractivity contribution is -0.138. The van der Waals surface area contributed by atoms with Crippen LogP contribution in [0.1, 0.15) is 89.0 Å². The standard InChI is InChI=1S/C31H41ClN2O4/c1-6-7-16-33(21(4)35)25-12-14-26(15-13-25)34-30(36)18-23-17-28(37-5)29(38-20(2)3)19-27(23)31(34)22-8-10-24(32)11-9-22/h8-11,17,19-20,25-26,31H,6-7,12-16,18H2,1-5H3/t25-,26-,31?. The Kier molecular flexibility index (Phi) is 9.24. The second kappa shape index (κ2) is 12.4. The number of hydrogen-bond acceptors (Lipinski definition) is 4. The maximum absolute atomic E-state index is 13.8. The van der Waals surface area contributed by atoms with Gasteiger partial charge in [-0.15, -0.1) is 0 Å². The molecular formula is C31H41ClN2O4. The number of benzene rings is 2. The van der Waals surface area contributed by atoms with Crippen molar-refractivity contribution in [2.75, 3.05) is 13.7 Å². The molecule has 2 aliphatic rings. The molecule has 2 amide bonds. The first-order valence-electron chi connectivity index (χ1n) is 13.9. The Bertz CT molecular complexity index is 1130. The van der Waals surface area contributed by atoms with Crippen LogP contribution in [0.5, 0.6) is 11.5 Å². The van der Waals surface area contributed by atoms with E-state index in [0.717, 1.165) is 61.8 Å². The van der Waals surface area contributed by atoms with E-state index in [0.29, 0.717) is 22.9 Å². The maximum Gasteiger partial charge on any atom is 0.228 e. The van der Waals surface area contributed by atoms with Gasteiger partial charge in [-0.25, -0.2) is 0 Å². The topological polar surface area (TPSA) is 59.1 Å². The zero-order valence-corrected chi connectivity index (χ0v) is 24.1. The van der Waals surface area contributed by atoms with E-state index >= 15 is 0 Å². The van der Waals surface area contributed by atoms with Gasteiger partial charge >= 0.3 is 0 Å². The van der Waals surface area contributed by atoms with Crippen molar-refractivity contribution < 1.29 is 19.1 Å². The van der Waals surface area contributed by atoms with Crippen molar-refractivity contribution >= 4 is 23.4 Å². The molecule has 0 spiro atoms. The Labute approximate surface area is 232 Å². The minimum absolute atomic E-state index is 0.00975. The number of ether oxygens (including phenoxy) is 2. The molecule has 0 radical (unpaired) electrons. The molecule has 1 heterocycles. The number of carbonyl (C=O) groups is 2. The Morgan fingerprint density at radius 1 is 1.11 bits per heavy atom. The van der Waals surface area contributed by atoms with Crippen LogP contribution in [0.4, 0.5) is 0 Å². The number of hydrogen-bond donors (Lipinski definition) is 0. The molecule has 1 aliphatic carbocycles. The first kappa shape index (κ1) is 28.3. The highest BCUT2D eigenvalue weighted by atomic mass is 35.5. The molecule has 7 heteroatoms. The fourth-order valence-corrected chi connectivity index (χ4v) is 6.18. The third-order valence-corrected chi connectivity index (χ3v) is 8.09. The molecule has 4 rings (SSSR count). The minimum atomic E-state index is -0.241. The van der Waals surface area contributed by atoms with E-state index in [-0.39, 0.29) is 36.0 Å². The summed E-state index contributed by atoms with van der Waals surface area (Å²) in [6.45, 7) is 8.63. The zero-order valence-electron chi connectivity index (χ0n) is 23.3. The van der Waals surface area contributed by atoms with E-state index < -0.39 is 0 Å². The van der Waals surface area contributed by atoms with E-state index in [4.69, 9.17) is 21.1 Å². The third-order valence-electron chi connectivity index (χ3n) is 7.83. The zero-order chi connectivity index (χ0) is 27.4. The van der Waals surface area contributed by atoms with Crippen molar-refractivity contribution in [3.05, 3.63) is 58.1 Å². The molecule has 1 aliphatic heterocycles. The number of halogens is 1. The maximum atomic E-state index is 13.8. The molecular weight excluding hydrogens is 500 g/mol. The van der Waals surface area contributed by atoms with Gasteiger partial charge in [0.1, 0.15) is 0 Å². The Morgan fingerprint density at radius 3 is 2.37 bits per heavy atom. The van der Waals surface area contributed by atoms with Crippen molar-refractivity contribution in [1.29, 1.82) is 0 Å². The molecule has 1 fully saturated rings. The molecule has 206 valence electrons. The van der Waals surface area contributed by atoms with Crippen LogP contribution < -0.4 is 9.47 Å². The first-order chi connectivity index (χ1) is 18.2. The number of amides is 2. The molecule has 1 atom stereocenters. The summed E-state index contributed by atoms with van der Waals surface area (Å²) >= 11 is 6.24. The van der Waals surface area contributed by atoms with Crippen LogP contribution in [-0.4, -0.2) is 53.5 Å². The number of unbranched alkanes of at least 4 members (excludes halogenated alkanes) is 1. The fraction of sp³-hybridized carbons (Fsp3) is 0.548. The van der Waals surface area contributed by atoms with Crippen LogP contribution in [0.15, 0.2) is 36.4 Å². The van der Waals surface area contributed by atoms with Crippen molar-refractivity contribution in [2.45, 2.75) is 96.9 Å². The van der Waals surface area contributed by atoms with Gasteiger partial charge in [-0.05, 0) is 86.9 Å². The van der Waals surface area contributed by atoms with Gasteiger partial charge in [-0.1, -0.05) is 37.1 Å². The van der Waals surface area contributed by atoms with Gasteiger partial charge in [0.25, 0.3) is 0 Å². The fourth-order valence-electron chi connectivity index (χ4n) is 6.05. The van der Waals surface area contributed by atoms with Gasteiger partial charge in [-0.2, -0.15) is 0 Å². The molecule has 6 nitrogen and oxygen atoms in total. The van der Waals surface area contributed by atoms with Crippen LogP contribution in [0.25, 0.3) is 0 Å². The minimum Gasteiger partial charge on any atom is -0.493 e. The van der Waals surface area contributed by atoms with Crippen molar-refractivity contribution in [3.63, 3.8) is 0 Å². The van der Waals surface area contributed by atoms with E-state index in [1.165, 1.54) is 0 Å². The number of methoxy groups -OCH3 is 1. The predicted octanol–water partition coefficient (Wildman–Crippen LogP) is 6.57. The summed E-state index contributed by atoms with van der Waals surface area (Å²) < 4.78 is 11.8. The van der Waals surface area contributed by atoms with Crippen LogP contribution in [0.2, 0.25) is 5.02 Å². The average Bonchev–Trinajstić information content (AvgIpc) is 2.88. The van der Waals surface area contributed by atoms with Gasteiger partial charge in [0, 0.05) is 30.6 Å². The van der Waals surface area contributed by atoms with Gasteiger partial charge in [0.05, 0.1) is 25.7 Å². The summed E-state index contributed by atoms with van der Waals surface area (Å²) in [5.41, 5.74) is 3.06. The van der Waals surface area contributed by atoms with Crippen LogP contribution in [0, 0.1) is 0 Å². The van der Waals surface area contributed by atoms with Crippen molar-refractivity contribution in [2.24, 2.45) is 0 Å². The van der Waals surface area contributed by atoms with E-state index in [2.05, 4.69) is 17.9 Å². The predicted molar refractivity (Wildman–Crippen MR) is 151 cm³/mol. The number of carbonyl (C=O) groups excluding carboxylic acids is 2. The summed E-state index contributed by atoms with van der Waals surface area (Å²) in [5.74, 6) is 1.60. The average molecular weight is 541 g/mol. The highest BCUT2D eigenvalue weighted by Gasteiger charge is 2.41. The summed E-state index contributed by atoms with van der Waals surface area (Å²) in [6, 6.07) is 11.9. The number of rotatable bonds is 9. The van der Waals surface area contributed by atoms with Gasteiger partial charge < -0.3 is 19.3 Å². The summed E-state index contributed by atoms with van der Waals surface area (Å²) in [7, 11) is 1.63. The molecule has 2 aromatic rings. The summed E-state index contributed by atoms with van der Waals surface area (Å²) in [6.07, 6.45) is 5.96. The second-order valence-corrected chi connectivity index (χ2v) is 11.3. The summed E-state index contributed by atoms with van der Waals surface area (Å²) in [4.78, 5) is 30.3. The Morgan fingerprint density at radius 2 is 1.79 bits per heavy atom. The normalized spacial score (nSPS) is 21.3. The first-order valence-corrected chi connectivity index (χ1v) is 14.3. The summed E-state index contributed by atoms with van der Waals surface area (Å²) in [5, 5.41) is 0.665. The third kappa shape index (κ3) is 6.12. The van der Waals surface area contributed by atoms with Crippen molar-refractivity contribution in [3.8, 4) is 11.5 Å². The van der Waals surface area contributed by atoms with E-state index in [9.17, 15) is 9.59 Å². The lowest BCUT2D eigenvalue weighted by Crippen LogP contribution is -2.51. The number of nitrogens with zero attached hydrogens (tertiary/aromatic N) is 2. The van der Waals surface area contributed by atoms with Crippen LogP contribution in [0.3, 0.4) is 0 Å². The Balaban J connectivity index is 1.68. The van der Waals surface area contributed by atoms with Gasteiger partial charge in [-0.3, -0.25) is 9.59 Å². The number of fused-ring (bicyclic) bond motifs is 1. The van der Waals surface area contributed by atoms with Crippen LogP contribution in [-0.2, 0) is 16.0 Å². The molecule has 0 N–H and O–H groups in total. The van der Waals surface area contributed by atoms with Crippen molar-refractivity contribution in [1.82, 2.24) is 9.80 Å². The highest BCUT2D eigenvalue weighted by Crippen LogP contribution is 2.44. The SMILES string of the molecule is CCCCN(C(C)=O)[C@H]1CC[C@H](N2C(=O)Cc3cc(OC)c(OC(C)C)cc3C2c2ccc(Cl)cc2)CC1. The molecule has 2 aromatic carbocycles. The highest BCUT2D eigenvalue weighted by molar-refractivity contribution is 6.30. The quantitative estimate of drug-likeness (QED) is 0.361. The van der Waals surface area contributed by atoms with Gasteiger partial charge in [0.15, 0.2) is 11.5 Å². The lowest BCUT2D eigenvalue weighted by Gasteiger charge is -2.46. The molecule has 38 heavy (non-hydrogen) atoms. The molecule has 0 saturated heterocycles. The van der Waals surface area contributed by atoms with Crippen LogP contribution >= 0.6 is 11.6 Å². The molecule has 0 bridgehead atoms. The lowest BCUT2D eigenvalue weighted by atomic mass is 9.82. The molecule has 1 unspecified atom stereocenters. The smallest absolute Gasteiger partial charge is 0.228 e. The molecule has 0 aromatic heterocycles. The monoisotopic (exact) mass is 540 g/mol. The Hall–Kier alpha value is -2.73.